The van der Waals surface area contributed by atoms with Crippen molar-refractivity contribution in [2.24, 2.45) is 10.9 Å². The molecule has 0 saturated heterocycles. The van der Waals surface area contributed by atoms with E-state index in [4.69, 9.17) is 9.47 Å². The van der Waals surface area contributed by atoms with Crippen molar-refractivity contribution in [3.63, 3.8) is 0 Å². The van der Waals surface area contributed by atoms with E-state index in [1.807, 2.05) is 62.4 Å². The molecule has 0 heterocycles. The molecule has 0 aliphatic heterocycles. The summed E-state index contributed by atoms with van der Waals surface area (Å²) in [5.74, 6) is 2.63. The standard InChI is InChI=1S/C23H32N4O3/c1-17(2)14-22(28)27-19-7-5-6-18(15-19)16-26-23(24-3)25-12-13-30-21-10-8-20(29-4)9-11-21/h5-11,15,17H,12-14,16H2,1-4H3,(H,27,28)(H2,24,25,26). The fourth-order valence-electron chi connectivity index (χ4n) is 2.76. The molecule has 0 unspecified atom stereocenters. The zero-order valence-corrected chi connectivity index (χ0v) is 18.2. The minimum absolute atomic E-state index is 0.0319. The Hall–Kier alpha value is -3.22. The summed E-state index contributed by atoms with van der Waals surface area (Å²) in [7, 11) is 3.36. The van der Waals surface area contributed by atoms with Gasteiger partial charge in [0.2, 0.25) is 5.91 Å². The largest absolute Gasteiger partial charge is 0.497 e. The van der Waals surface area contributed by atoms with Gasteiger partial charge < -0.3 is 25.4 Å². The fraction of sp³-hybridized carbons (Fsp3) is 0.391. The quantitative estimate of drug-likeness (QED) is 0.316. The van der Waals surface area contributed by atoms with Crippen molar-refractivity contribution in [2.75, 3.05) is 32.6 Å². The first-order chi connectivity index (χ1) is 14.5. The van der Waals surface area contributed by atoms with Gasteiger partial charge in [-0.1, -0.05) is 26.0 Å². The maximum atomic E-state index is 12.0. The highest BCUT2D eigenvalue weighted by molar-refractivity contribution is 5.90. The number of amides is 1. The SMILES string of the molecule is CN=C(NCCOc1ccc(OC)cc1)NCc1cccc(NC(=O)CC(C)C)c1. The lowest BCUT2D eigenvalue weighted by Gasteiger charge is -2.13. The third-order valence-corrected chi connectivity index (χ3v) is 4.21. The molecule has 0 atom stereocenters. The molecule has 1 amide bonds. The Kier molecular flexibility index (Phi) is 9.51. The van der Waals surface area contributed by atoms with E-state index in [0.717, 1.165) is 22.7 Å². The number of methoxy groups -OCH3 is 1. The number of ether oxygens (including phenoxy) is 2. The number of nitrogens with one attached hydrogen (secondary N) is 3. The molecule has 0 aromatic heterocycles. The van der Waals surface area contributed by atoms with E-state index in [1.54, 1.807) is 14.2 Å². The zero-order valence-electron chi connectivity index (χ0n) is 18.2. The highest BCUT2D eigenvalue weighted by Crippen LogP contribution is 2.16. The lowest BCUT2D eigenvalue weighted by Crippen LogP contribution is -2.38. The number of carbonyl (C=O) groups is 1. The summed E-state index contributed by atoms with van der Waals surface area (Å²) >= 11 is 0. The van der Waals surface area contributed by atoms with Crippen molar-refractivity contribution in [1.82, 2.24) is 10.6 Å². The maximum Gasteiger partial charge on any atom is 0.224 e. The molecular weight excluding hydrogens is 380 g/mol. The number of carbonyl (C=O) groups excluding carboxylic acids is 1. The second kappa shape index (κ2) is 12.4. The summed E-state index contributed by atoms with van der Waals surface area (Å²) < 4.78 is 10.8. The second-order valence-corrected chi connectivity index (χ2v) is 7.22. The molecule has 0 fully saturated rings. The van der Waals surface area contributed by atoms with Crippen LogP contribution < -0.4 is 25.4 Å². The van der Waals surface area contributed by atoms with Gasteiger partial charge in [0.1, 0.15) is 18.1 Å². The highest BCUT2D eigenvalue weighted by Gasteiger charge is 2.06. The van der Waals surface area contributed by atoms with Crippen molar-refractivity contribution < 1.29 is 14.3 Å². The van der Waals surface area contributed by atoms with Crippen LogP contribution in [0.4, 0.5) is 5.69 Å². The molecular formula is C23H32N4O3. The van der Waals surface area contributed by atoms with Crippen LogP contribution in [0.3, 0.4) is 0 Å². The van der Waals surface area contributed by atoms with Gasteiger partial charge in [-0.25, -0.2) is 0 Å². The van der Waals surface area contributed by atoms with Gasteiger partial charge in [0.25, 0.3) is 0 Å². The summed E-state index contributed by atoms with van der Waals surface area (Å²) in [6.45, 7) is 5.76. The average Bonchev–Trinajstić information content (AvgIpc) is 2.73. The average molecular weight is 413 g/mol. The minimum Gasteiger partial charge on any atom is -0.497 e. The molecule has 7 heteroatoms. The summed E-state index contributed by atoms with van der Waals surface area (Å²) in [4.78, 5) is 16.2. The number of guanidine groups is 1. The van der Waals surface area contributed by atoms with Gasteiger partial charge in [-0.05, 0) is 47.9 Å². The van der Waals surface area contributed by atoms with E-state index in [0.29, 0.717) is 38.0 Å². The molecule has 7 nitrogen and oxygen atoms in total. The number of benzene rings is 2. The number of rotatable bonds is 10. The van der Waals surface area contributed by atoms with E-state index in [2.05, 4.69) is 20.9 Å². The van der Waals surface area contributed by atoms with E-state index in [1.165, 1.54) is 0 Å². The van der Waals surface area contributed by atoms with Crippen molar-refractivity contribution in [2.45, 2.75) is 26.8 Å². The predicted molar refractivity (Wildman–Crippen MR) is 121 cm³/mol. The molecule has 2 aromatic carbocycles. The van der Waals surface area contributed by atoms with Gasteiger partial charge in [0, 0.05) is 25.7 Å². The van der Waals surface area contributed by atoms with E-state index in [9.17, 15) is 4.79 Å². The number of hydrogen-bond acceptors (Lipinski definition) is 4. The normalized spacial score (nSPS) is 11.2. The molecule has 0 aliphatic rings. The lowest BCUT2D eigenvalue weighted by atomic mass is 10.1. The van der Waals surface area contributed by atoms with E-state index in [-0.39, 0.29) is 5.91 Å². The van der Waals surface area contributed by atoms with Gasteiger partial charge in [-0.3, -0.25) is 9.79 Å². The summed E-state index contributed by atoms with van der Waals surface area (Å²) in [6, 6.07) is 15.3. The van der Waals surface area contributed by atoms with Crippen molar-refractivity contribution >= 4 is 17.6 Å². The molecule has 0 radical (unpaired) electrons. The summed E-state index contributed by atoms with van der Waals surface area (Å²) in [5.41, 5.74) is 1.85. The molecule has 0 spiro atoms. The summed E-state index contributed by atoms with van der Waals surface area (Å²) in [6.07, 6.45) is 0.512. The Morgan fingerprint density at radius 1 is 1.07 bits per heavy atom. The van der Waals surface area contributed by atoms with Crippen LogP contribution in [-0.4, -0.2) is 39.2 Å². The van der Waals surface area contributed by atoms with Crippen molar-refractivity contribution in [3.8, 4) is 11.5 Å². The van der Waals surface area contributed by atoms with Crippen LogP contribution in [-0.2, 0) is 11.3 Å². The molecule has 0 bridgehead atoms. The Morgan fingerprint density at radius 3 is 2.47 bits per heavy atom. The van der Waals surface area contributed by atoms with Gasteiger partial charge in [-0.15, -0.1) is 0 Å². The third-order valence-electron chi connectivity index (χ3n) is 4.21. The van der Waals surface area contributed by atoms with Crippen LogP contribution in [0.1, 0.15) is 25.8 Å². The molecule has 30 heavy (non-hydrogen) atoms. The molecule has 0 aliphatic carbocycles. The van der Waals surface area contributed by atoms with Crippen LogP contribution in [0.2, 0.25) is 0 Å². The van der Waals surface area contributed by atoms with Crippen LogP contribution in [0.15, 0.2) is 53.5 Å². The minimum atomic E-state index is 0.0319. The topological polar surface area (TPSA) is 84.0 Å². The molecule has 2 rings (SSSR count). The second-order valence-electron chi connectivity index (χ2n) is 7.22. The van der Waals surface area contributed by atoms with Gasteiger partial charge in [0.05, 0.1) is 13.7 Å². The number of aliphatic imine (C=N–C) groups is 1. The van der Waals surface area contributed by atoms with Crippen molar-refractivity contribution in [3.05, 3.63) is 54.1 Å². The van der Waals surface area contributed by atoms with Crippen LogP contribution in [0, 0.1) is 5.92 Å². The monoisotopic (exact) mass is 412 g/mol. The number of nitrogens with zero attached hydrogens (tertiary/aromatic N) is 1. The first kappa shape index (κ1) is 23.1. The van der Waals surface area contributed by atoms with Crippen molar-refractivity contribution in [1.29, 1.82) is 0 Å². The molecule has 0 saturated carbocycles. The Bertz CT molecular complexity index is 819. The smallest absolute Gasteiger partial charge is 0.224 e. The molecule has 2 aromatic rings. The zero-order chi connectivity index (χ0) is 21.8. The number of hydrogen-bond donors (Lipinski definition) is 3. The van der Waals surface area contributed by atoms with Crippen LogP contribution >= 0.6 is 0 Å². The Morgan fingerprint density at radius 2 is 1.80 bits per heavy atom. The van der Waals surface area contributed by atoms with Gasteiger partial charge >= 0.3 is 0 Å². The lowest BCUT2D eigenvalue weighted by molar-refractivity contribution is -0.116. The van der Waals surface area contributed by atoms with E-state index >= 15 is 0 Å². The Labute approximate surface area is 178 Å². The summed E-state index contributed by atoms with van der Waals surface area (Å²) in [5, 5.41) is 9.43. The van der Waals surface area contributed by atoms with Crippen LogP contribution in [0.5, 0.6) is 11.5 Å². The Balaban J connectivity index is 1.74. The third kappa shape index (κ3) is 8.43. The van der Waals surface area contributed by atoms with Gasteiger partial charge in [0.15, 0.2) is 5.96 Å². The maximum absolute atomic E-state index is 12.0. The fourth-order valence-corrected chi connectivity index (χ4v) is 2.76. The highest BCUT2D eigenvalue weighted by atomic mass is 16.5. The van der Waals surface area contributed by atoms with Gasteiger partial charge in [-0.2, -0.15) is 0 Å². The van der Waals surface area contributed by atoms with E-state index < -0.39 is 0 Å². The molecule has 162 valence electrons. The predicted octanol–water partition coefficient (Wildman–Crippen LogP) is 3.42. The first-order valence-corrected chi connectivity index (χ1v) is 10.1. The first-order valence-electron chi connectivity index (χ1n) is 10.1. The van der Waals surface area contributed by atoms with Crippen LogP contribution in [0.25, 0.3) is 0 Å². The number of anilines is 1. The molecule has 3 N–H and O–H groups in total.